The highest BCUT2D eigenvalue weighted by atomic mass is 32.2. The number of hydrogen-bond acceptors (Lipinski definition) is 4. The number of nitrogens with one attached hydrogen (secondary N) is 1. The largest absolute Gasteiger partial charge is 0.497 e. The maximum Gasteiger partial charge on any atom is 0.243 e. The van der Waals surface area contributed by atoms with Crippen LogP contribution in [0.5, 0.6) is 5.75 Å². The van der Waals surface area contributed by atoms with Gasteiger partial charge in [0, 0.05) is 31.9 Å². The molecule has 0 unspecified atom stereocenters. The van der Waals surface area contributed by atoms with Crippen molar-refractivity contribution in [2.24, 2.45) is 0 Å². The normalized spacial score (nSPS) is 15.3. The molecule has 3 rings (SSSR count). The maximum atomic E-state index is 12.8. The molecule has 0 atom stereocenters. The van der Waals surface area contributed by atoms with Crippen molar-refractivity contribution in [2.75, 3.05) is 38.6 Å². The maximum absolute atomic E-state index is 12.8. The van der Waals surface area contributed by atoms with Crippen LogP contribution in [0.3, 0.4) is 0 Å². The Hall–Kier alpha value is -2.16. The first kappa shape index (κ1) is 20.6. The number of ether oxygens (including phenoxy) is 1. The summed E-state index contributed by atoms with van der Waals surface area (Å²) in [5, 5.41) is 3.90. The Morgan fingerprint density at radius 1 is 1.04 bits per heavy atom. The summed E-state index contributed by atoms with van der Waals surface area (Å²) in [6.45, 7) is 5.97. The molecule has 0 amide bonds. The van der Waals surface area contributed by atoms with E-state index in [9.17, 15) is 8.42 Å². The number of anilines is 1. The number of rotatable bonds is 4. The lowest BCUT2D eigenvalue weighted by atomic mass is 10.1. The molecule has 1 aliphatic heterocycles. The van der Waals surface area contributed by atoms with Crippen molar-refractivity contribution in [1.82, 2.24) is 9.21 Å². The van der Waals surface area contributed by atoms with E-state index in [1.54, 1.807) is 31.4 Å². The van der Waals surface area contributed by atoms with Crippen LogP contribution in [0.1, 0.15) is 11.1 Å². The monoisotopic (exact) mass is 419 g/mol. The molecule has 0 spiro atoms. The molecule has 1 N–H and O–H groups in total. The summed E-state index contributed by atoms with van der Waals surface area (Å²) < 4.78 is 32.3. The standard InChI is InChI=1S/C20H25N3O3S2/c1-15-4-9-19(16(2)14-15)21-20(27)22-10-12-23(13-11-22)28(24,25)18-7-5-17(26-3)6-8-18/h4-9,14H,10-13H2,1-3H3,(H,21,27). The van der Waals surface area contributed by atoms with Gasteiger partial charge in [0.2, 0.25) is 10.0 Å². The number of methoxy groups -OCH3 is 1. The first-order valence-corrected chi connectivity index (χ1v) is 10.9. The van der Waals surface area contributed by atoms with E-state index in [0.717, 1.165) is 11.3 Å². The molecule has 1 heterocycles. The van der Waals surface area contributed by atoms with E-state index in [0.29, 0.717) is 37.0 Å². The van der Waals surface area contributed by atoms with Crippen LogP contribution < -0.4 is 10.1 Å². The van der Waals surface area contributed by atoms with Crippen molar-refractivity contribution in [2.45, 2.75) is 18.7 Å². The average Bonchev–Trinajstić information content (AvgIpc) is 2.70. The van der Waals surface area contributed by atoms with E-state index < -0.39 is 10.0 Å². The third kappa shape index (κ3) is 4.45. The van der Waals surface area contributed by atoms with Gasteiger partial charge in [0.1, 0.15) is 5.75 Å². The molecule has 0 radical (unpaired) electrons. The van der Waals surface area contributed by atoms with Gasteiger partial charge in [-0.05, 0) is 62.0 Å². The van der Waals surface area contributed by atoms with Gasteiger partial charge < -0.3 is 15.0 Å². The van der Waals surface area contributed by atoms with Gasteiger partial charge >= 0.3 is 0 Å². The third-order valence-corrected chi connectivity index (χ3v) is 7.12. The highest BCUT2D eigenvalue weighted by Gasteiger charge is 2.29. The second-order valence-corrected chi connectivity index (χ2v) is 9.14. The Morgan fingerprint density at radius 3 is 2.25 bits per heavy atom. The number of piperazine rings is 1. The quantitative estimate of drug-likeness (QED) is 0.769. The molecular formula is C20H25N3O3S2. The van der Waals surface area contributed by atoms with E-state index in [1.165, 1.54) is 9.87 Å². The second-order valence-electron chi connectivity index (χ2n) is 6.82. The van der Waals surface area contributed by atoms with Gasteiger partial charge in [-0.25, -0.2) is 8.42 Å². The molecule has 1 aliphatic rings. The number of aryl methyl sites for hydroxylation is 2. The van der Waals surface area contributed by atoms with E-state index in [2.05, 4.69) is 18.3 Å². The van der Waals surface area contributed by atoms with E-state index in [1.807, 2.05) is 24.0 Å². The van der Waals surface area contributed by atoms with Gasteiger partial charge in [-0.2, -0.15) is 4.31 Å². The Morgan fingerprint density at radius 2 is 1.68 bits per heavy atom. The third-order valence-electron chi connectivity index (χ3n) is 4.85. The fourth-order valence-electron chi connectivity index (χ4n) is 3.18. The molecule has 28 heavy (non-hydrogen) atoms. The van der Waals surface area contributed by atoms with Crippen LogP contribution in [0.25, 0.3) is 0 Å². The Balaban J connectivity index is 1.62. The molecule has 0 saturated carbocycles. The second kappa shape index (κ2) is 8.46. The molecule has 0 aromatic heterocycles. The SMILES string of the molecule is COc1ccc(S(=O)(=O)N2CCN(C(=S)Nc3ccc(C)cc3C)CC2)cc1. The zero-order valence-electron chi connectivity index (χ0n) is 16.3. The number of hydrogen-bond donors (Lipinski definition) is 1. The van der Waals surface area contributed by atoms with Crippen LogP contribution >= 0.6 is 12.2 Å². The minimum Gasteiger partial charge on any atom is -0.497 e. The lowest BCUT2D eigenvalue weighted by Gasteiger charge is -2.35. The van der Waals surface area contributed by atoms with Crippen molar-refractivity contribution < 1.29 is 13.2 Å². The van der Waals surface area contributed by atoms with Crippen molar-refractivity contribution in [1.29, 1.82) is 0 Å². The van der Waals surface area contributed by atoms with Gasteiger partial charge in [-0.3, -0.25) is 0 Å². The zero-order valence-corrected chi connectivity index (χ0v) is 17.9. The van der Waals surface area contributed by atoms with Crippen molar-refractivity contribution in [3.63, 3.8) is 0 Å². The van der Waals surface area contributed by atoms with E-state index in [4.69, 9.17) is 17.0 Å². The van der Waals surface area contributed by atoms with E-state index in [-0.39, 0.29) is 4.90 Å². The van der Waals surface area contributed by atoms with Gasteiger partial charge in [0.25, 0.3) is 0 Å². The minimum atomic E-state index is -3.52. The predicted molar refractivity (Wildman–Crippen MR) is 115 cm³/mol. The van der Waals surface area contributed by atoms with Crippen molar-refractivity contribution >= 4 is 33.0 Å². The van der Waals surface area contributed by atoms with Gasteiger partial charge in [-0.15, -0.1) is 0 Å². The molecule has 6 nitrogen and oxygen atoms in total. The van der Waals surface area contributed by atoms with Crippen molar-refractivity contribution in [3.05, 3.63) is 53.6 Å². The molecule has 1 saturated heterocycles. The summed E-state index contributed by atoms with van der Waals surface area (Å²) in [6, 6.07) is 12.6. The number of sulfonamides is 1. The van der Waals surface area contributed by atoms with E-state index >= 15 is 0 Å². The Bertz CT molecular complexity index is 951. The summed E-state index contributed by atoms with van der Waals surface area (Å²) in [7, 11) is -1.97. The summed E-state index contributed by atoms with van der Waals surface area (Å²) in [6.07, 6.45) is 0. The number of nitrogens with zero attached hydrogens (tertiary/aromatic N) is 2. The fraction of sp³-hybridized carbons (Fsp3) is 0.350. The average molecular weight is 420 g/mol. The molecule has 1 fully saturated rings. The van der Waals surface area contributed by atoms with Crippen LogP contribution in [0, 0.1) is 13.8 Å². The van der Waals surface area contributed by atoms with Gasteiger partial charge in [-0.1, -0.05) is 17.7 Å². The molecule has 8 heteroatoms. The molecule has 2 aromatic carbocycles. The first-order valence-electron chi connectivity index (χ1n) is 9.08. The fourth-order valence-corrected chi connectivity index (χ4v) is 4.89. The number of thiocarbonyl (C=S) groups is 1. The Labute approximate surface area is 172 Å². The lowest BCUT2D eigenvalue weighted by molar-refractivity contribution is 0.268. The smallest absolute Gasteiger partial charge is 0.243 e. The highest BCUT2D eigenvalue weighted by molar-refractivity contribution is 7.89. The topological polar surface area (TPSA) is 61.9 Å². The molecule has 0 bridgehead atoms. The summed E-state index contributed by atoms with van der Waals surface area (Å²) in [4.78, 5) is 2.28. The first-order chi connectivity index (χ1) is 13.3. The lowest BCUT2D eigenvalue weighted by Crippen LogP contribution is -2.51. The number of benzene rings is 2. The summed E-state index contributed by atoms with van der Waals surface area (Å²) >= 11 is 5.53. The molecule has 0 aliphatic carbocycles. The minimum absolute atomic E-state index is 0.276. The van der Waals surface area contributed by atoms with Crippen LogP contribution in [-0.2, 0) is 10.0 Å². The Kier molecular flexibility index (Phi) is 6.22. The predicted octanol–water partition coefficient (Wildman–Crippen LogP) is 3.02. The van der Waals surface area contributed by atoms with Crippen LogP contribution in [0.15, 0.2) is 47.4 Å². The zero-order chi connectivity index (χ0) is 20.3. The van der Waals surface area contributed by atoms with Gasteiger partial charge in [0.05, 0.1) is 12.0 Å². The van der Waals surface area contributed by atoms with Crippen LogP contribution in [0.4, 0.5) is 5.69 Å². The van der Waals surface area contributed by atoms with Crippen molar-refractivity contribution in [3.8, 4) is 5.75 Å². The molecular weight excluding hydrogens is 394 g/mol. The molecule has 150 valence electrons. The van der Waals surface area contributed by atoms with Crippen LogP contribution in [0.2, 0.25) is 0 Å². The highest BCUT2D eigenvalue weighted by Crippen LogP contribution is 2.21. The summed E-state index contributed by atoms with van der Waals surface area (Å²) in [5.41, 5.74) is 3.30. The van der Waals surface area contributed by atoms with Gasteiger partial charge in [0.15, 0.2) is 5.11 Å². The summed E-state index contributed by atoms with van der Waals surface area (Å²) in [5.74, 6) is 0.631. The molecule has 2 aromatic rings. The van der Waals surface area contributed by atoms with Crippen LogP contribution in [-0.4, -0.2) is 56.0 Å².